The molecule has 2 amide bonds. The number of non-ortho nitro benzene ring substituents is 1. The number of para-hydroxylation sites is 1. The Bertz CT molecular complexity index is 1480. The fraction of sp³-hybridized carbons (Fsp3) is 0.185. The van der Waals surface area contributed by atoms with Gasteiger partial charge in [-0.3, -0.25) is 24.6 Å². The van der Waals surface area contributed by atoms with Crippen molar-refractivity contribution in [2.75, 3.05) is 0 Å². The molecule has 2 heterocycles. The Hall–Kier alpha value is -4.84. The Morgan fingerprint density at radius 1 is 1.14 bits per heavy atom. The highest BCUT2D eigenvalue weighted by molar-refractivity contribution is 6.20. The summed E-state index contributed by atoms with van der Waals surface area (Å²) in [4.78, 5) is 38.3. The maximum Gasteiger partial charge on any atom is 0.271 e. The number of hydrogen-bond acceptors (Lipinski definition) is 6. The van der Waals surface area contributed by atoms with Crippen LogP contribution >= 0.6 is 0 Å². The van der Waals surface area contributed by atoms with E-state index in [4.69, 9.17) is 0 Å². The topological polar surface area (TPSA) is 122 Å². The van der Waals surface area contributed by atoms with Crippen molar-refractivity contribution >= 4 is 23.6 Å². The van der Waals surface area contributed by atoms with E-state index in [1.54, 1.807) is 42.9 Å². The third kappa shape index (κ3) is 4.32. The molecule has 1 aliphatic rings. The summed E-state index contributed by atoms with van der Waals surface area (Å²) in [6, 6.07) is 16.9. The number of aromatic nitrogens is 2. The predicted octanol–water partition coefficient (Wildman–Crippen LogP) is 4.84. The first-order valence-electron chi connectivity index (χ1n) is 11.4. The normalized spacial score (nSPS) is 15.8. The van der Waals surface area contributed by atoms with Gasteiger partial charge in [0.25, 0.3) is 17.5 Å². The minimum absolute atomic E-state index is 0.0894. The molecule has 0 radical (unpaired) electrons. The van der Waals surface area contributed by atoms with Gasteiger partial charge in [0.15, 0.2) is 0 Å². The quantitative estimate of drug-likeness (QED) is 0.215. The predicted molar refractivity (Wildman–Crippen MR) is 134 cm³/mol. The van der Waals surface area contributed by atoms with E-state index in [1.807, 2.05) is 43.3 Å². The second kappa shape index (κ2) is 9.80. The molecule has 0 bridgehead atoms. The Morgan fingerprint density at radius 3 is 2.50 bits per heavy atom. The number of nitro groups is 1. The van der Waals surface area contributed by atoms with Crippen molar-refractivity contribution in [3.63, 3.8) is 0 Å². The number of carbonyl (C=O) groups excluding carboxylic acids is 2. The lowest BCUT2D eigenvalue weighted by molar-refractivity contribution is -0.384. The molecule has 0 fully saturated rings. The van der Waals surface area contributed by atoms with Crippen LogP contribution in [0.25, 0.3) is 23.0 Å². The van der Waals surface area contributed by atoms with E-state index in [9.17, 15) is 25.0 Å². The number of imide groups is 1. The van der Waals surface area contributed by atoms with E-state index in [0.717, 1.165) is 10.6 Å². The summed E-state index contributed by atoms with van der Waals surface area (Å²) in [6.07, 6.45) is 3.85. The van der Waals surface area contributed by atoms with E-state index in [0.29, 0.717) is 23.2 Å². The van der Waals surface area contributed by atoms with Crippen molar-refractivity contribution in [3.8, 4) is 23.0 Å². The maximum atomic E-state index is 13.5. The van der Waals surface area contributed by atoms with Crippen LogP contribution in [0, 0.1) is 21.4 Å². The van der Waals surface area contributed by atoms with Crippen LogP contribution in [0.4, 0.5) is 5.69 Å². The summed E-state index contributed by atoms with van der Waals surface area (Å²) in [6.45, 7) is 5.18. The van der Waals surface area contributed by atoms with Crippen LogP contribution in [0.1, 0.15) is 32.8 Å². The third-order valence-electron chi connectivity index (χ3n) is 6.20. The largest absolute Gasteiger partial charge is 0.271 e. The highest BCUT2D eigenvalue weighted by Crippen LogP contribution is 2.33. The monoisotopic (exact) mass is 481 g/mol. The molecule has 0 N–H and O–H groups in total. The minimum Gasteiger partial charge on any atom is -0.271 e. The van der Waals surface area contributed by atoms with Gasteiger partial charge < -0.3 is 0 Å². The standard InChI is InChI=1S/C27H23N5O4/c1-4-17(2)31-26(33)23(18(3)24(15-28)27(31)34)14-20-16-30(21-10-6-5-7-11-21)29-25(20)19-9-8-12-22(13-19)32(35)36/h5-14,16-17H,4H2,1-3H3/b23-14+. The molecule has 2 aromatic carbocycles. The van der Waals surface area contributed by atoms with Crippen molar-refractivity contribution in [1.82, 2.24) is 14.7 Å². The first-order chi connectivity index (χ1) is 17.3. The Kier molecular flexibility index (Phi) is 6.61. The summed E-state index contributed by atoms with van der Waals surface area (Å²) in [5.41, 5.74) is 2.48. The van der Waals surface area contributed by atoms with Crippen LogP contribution in [0.5, 0.6) is 0 Å². The molecular formula is C27H23N5O4. The van der Waals surface area contributed by atoms with E-state index in [1.165, 1.54) is 12.1 Å². The van der Waals surface area contributed by atoms with Gasteiger partial charge in [-0.05, 0) is 44.1 Å². The lowest BCUT2D eigenvalue weighted by Crippen LogP contribution is -2.47. The Labute approximate surface area is 207 Å². The van der Waals surface area contributed by atoms with E-state index in [-0.39, 0.29) is 22.4 Å². The van der Waals surface area contributed by atoms with Crippen LogP contribution in [0.2, 0.25) is 0 Å². The number of nitrogens with zero attached hydrogens (tertiary/aromatic N) is 5. The highest BCUT2D eigenvalue weighted by Gasteiger charge is 2.37. The molecule has 1 aliphatic heterocycles. The Balaban J connectivity index is 1.95. The second-order valence-corrected chi connectivity index (χ2v) is 8.43. The number of nitro benzene ring substituents is 1. The molecule has 4 rings (SSSR count). The van der Waals surface area contributed by atoms with Crippen LogP contribution in [-0.2, 0) is 9.59 Å². The van der Waals surface area contributed by atoms with Gasteiger partial charge in [0.05, 0.1) is 10.6 Å². The van der Waals surface area contributed by atoms with Crippen LogP contribution < -0.4 is 0 Å². The van der Waals surface area contributed by atoms with Crippen molar-refractivity contribution in [1.29, 1.82) is 5.26 Å². The summed E-state index contributed by atoms with van der Waals surface area (Å²) in [5.74, 6) is -1.10. The summed E-state index contributed by atoms with van der Waals surface area (Å²) in [5, 5.41) is 25.7. The summed E-state index contributed by atoms with van der Waals surface area (Å²) < 4.78 is 1.62. The summed E-state index contributed by atoms with van der Waals surface area (Å²) >= 11 is 0. The minimum atomic E-state index is -0.606. The molecule has 36 heavy (non-hydrogen) atoms. The van der Waals surface area contributed by atoms with E-state index < -0.39 is 22.8 Å². The molecule has 0 saturated heterocycles. The zero-order chi connectivity index (χ0) is 26.0. The number of amides is 2. The fourth-order valence-electron chi connectivity index (χ4n) is 4.04. The summed E-state index contributed by atoms with van der Waals surface area (Å²) in [7, 11) is 0. The first kappa shape index (κ1) is 24.3. The number of rotatable bonds is 6. The van der Waals surface area contributed by atoms with Gasteiger partial charge in [0, 0.05) is 41.1 Å². The van der Waals surface area contributed by atoms with Crippen molar-refractivity contribution < 1.29 is 14.5 Å². The third-order valence-corrected chi connectivity index (χ3v) is 6.20. The molecule has 9 heteroatoms. The van der Waals surface area contributed by atoms with E-state index >= 15 is 0 Å². The van der Waals surface area contributed by atoms with Gasteiger partial charge in [0.1, 0.15) is 17.3 Å². The fourth-order valence-corrected chi connectivity index (χ4v) is 4.04. The van der Waals surface area contributed by atoms with Crippen LogP contribution in [0.15, 0.2) is 77.5 Å². The van der Waals surface area contributed by atoms with Crippen LogP contribution in [-0.4, -0.2) is 37.5 Å². The molecule has 1 aromatic heterocycles. The molecule has 3 aromatic rings. The van der Waals surface area contributed by atoms with Gasteiger partial charge in [-0.15, -0.1) is 0 Å². The van der Waals surface area contributed by atoms with Crippen molar-refractivity contribution in [2.45, 2.75) is 33.2 Å². The molecule has 9 nitrogen and oxygen atoms in total. The zero-order valence-electron chi connectivity index (χ0n) is 20.0. The molecule has 0 spiro atoms. The number of benzene rings is 2. The lowest BCUT2D eigenvalue weighted by Gasteiger charge is -2.31. The lowest BCUT2D eigenvalue weighted by atomic mass is 9.92. The second-order valence-electron chi connectivity index (χ2n) is 8.43. The number of nitriles is 1. The van der Waals surface area contributed by atoms with Gasteiger partial charge in [0.2, 0.25) is 0 Å². The average molecular weight is 482 g/mol. The first-order valence-corrected chi connectivity index (χ1v) is 11.4. The number of carbonyl (C=O) groups is 2. The van der Waals surface area contributed by atoms with Gasteiger partial charge in [-0.25, -0.2) is 4.68 Å². The maximum absolute atomic E-state index is 13.5. The van der Waals surface area contributed by atoms with Gasteiger partial charge >= 0.3 is 0 Å². The Morgan fingerprint density at radius 2 is 1.86 bits per heavy atom. The molecule has 0 aliphatic carbocycles. The molecule has 1 unspecified atom stereocenters. The molecule has 180 valence electrons. The van der Waals surface area contributed by atoms with Gasteiger partial charge in [-0.2, -0.15) is 10.4 Å². The van der Waals surface area contributed by atoms with Crippen molar-refractivity contribution in [3.05, 3.63) is 93.2 Å². The average Bonchev–Trinajstić information content (AvgIpc) is 3.31. The van der Waals surface area contributed by atoms with Crippen LogP contribution in [0.3, 0.4) is 0 Å². The molecule has 1 atom stereocenters. The van der Waals surface area contributed by atoms with E-state index in [2.05, 4.69) is 5.10 Å². The highest BCUT2D eigenvalue weighted by atomic mass is 16.6. The smallest absolute Gasteiger partial charge is 0.271 e. The van der Waals surface area contributed by atoms with Gasteiger partial charge in [-0.1, -0.05) is 37.3 Å². The molecule has 0 saturated carbocycles. The zero-order valence-corrected chi connectivity index (χ0v) is 20.0. The number of hydrogen-bond donors (Lipinski definition) is 0. The SMILES string of the molecule is CCC(C)N1C(=O)C(C#N)=C(C)/C(=C\c2cn(-c3ccccc3)nc2-c2cccc([N+](=O)[O-])c2)C1=O. The molecular weight excluding hydrogens is 458 g/mol. The van der Waals surface area contributed by atoms with Crippen molar-refractivity contribution in [2.24, 2.45) is 0 Å².